The van der Waals surface area contributed by atoms with Crippen molar-refractivity contribution in [2.75, 3.05) is 5.32 Å². The first-order valence-electron chi connectivity index (χ1n) is 12.6. The molecule has 260 valence electrons. The predicted octanol–water partition coefficient (Wildman–Crippen LogP) is -8.83. The molecule has 0 bridgehead atoms. The molecule has 1 heterocycles. The monoisotopic (exact) mass is 892 g/mol. The van der Waals surface area contributed by atoms with Crippen molar-refractivity contribution in [3.05, 3.63) is 64.5 Å². The zero-order valence-electron chi connectivity index (χ0n) is 27.6. The van der Waals surface area contributed by atoms with Crippen molar-refractivity contribution >= 4 is 108 Å². The number of hydrogen-bond donors (Lipinski definition) is 2. The van der Waals surface area contributed by atoms with Gasteiger partial charge in [0.2, 0.25) is 5.28 Å². The number of fused-ring (bicyclic) bond motifs is 2. The Bertz CT molecular complexity index is 2870. The second-order valence-corrected chi connectivity index (χ2v) is 15.8. The molecular formula is C25H10Cl2N6Na4O13S4. The summed E-state index contributed by atoms with van der Waals surface area (Å²) >= 11 is 11.7. The quantitative estimate of drug-likeness (QED) is 0.0480. The van der Waals surface area contributed by atoms with E-state index in [4.69, 9.17) is 23.2 Å². The van der Waals surface area contributed by atoms with Crippen molar-refractivity contribution in [2.24, 2.45) is 10.2 Å². The van der Waals surface area contributed by atoms with Gasteiger partial charge in [0.1, 0.15) is 52.6 Å². The molecule has 54 heavy (non-hydrogen) atoms. The van der Waals surface area contributed by atoms with E-state index in [9.17, 15) is 62.3 Å². The summed E-state index contributed by atoms with van der Waals surface area (Å²) in [5.74, 6) is -2.03. The minimum Gasteiger partial charge on any atom is -0.870 e. The number of anilines is 2. The van der Waals surface area contributed by atoms with Crippen LogP contribution in [0.5, 0.6) is 5.75 Å². The van der Waals surface area contributed by atoms with Crippen LogP contribution < -0.4 is 129 Å². The molecule has 5 rings (SSSR count). The van der Waals surface area contributed by atoms with Crippen LogP contribution in [-0.4, -0.2) is 61.9 Å². The molecule has 0 aliphatic heterocycles. The Morgan fingerprint density at radius 3 is 1.93 bits per heavy atom. The molecule has 0 spiro atoms. The second-order valence-electron chi connectivity index (χ2n) is 9.67. The van der Waals surface area contributed by atoms with Crippen molar-refractivity contribution < 1.29 is 175 Å². The Morgan fingerprint density at radius 2 is 1.39 bits per heavy atom. The molecule has 0 aliphatic rings. The van der Waals surface area contributed by atoms with Gasteiger partial charge in [-0.1, -0.05) is 35.5 Å². The summed E-state index contributed by atoms with van der Waals surface area (Å²) in [6, 6.07) is 7.65. The van der Waals surface area contributed by atoms with Gasteiger partial charge < -0.3 is 24.1 Å². The third-order valence-corrected chi connectivity index (χ3v) is 10.5. The maximum Gasteiger partial charge on any atom is 1.00 e. The standard InChI is InChI=1S/C25H14Cl2N6O13S4.4Na/c26-23-14(9-28)24(31-25(27)30-23)29-16-8-11(47(35,36)37)6-10-7-18(49(41,42)43)20(21(34)19(10)16)33-32-15-5-4-12-13(22(15)50(44,45)46)2-1-3-17(12)48(38,39)40;;;;/h1-8,34H,(H,29,30,31)(H,35,36,37)(H,38,39,40)(H,41,42,43)(H,44,45,46);;;;/q;4*+1/p-4. The molecule has 0 amide bonds. The van der Waals surface area contributed by atoms with E-state index in [2.05, 4.69) is 25.5 Å². The Morgan fingerprint density at radius 1 is 0.778 bits per heavy atom. The molecule has 4 aromatic carbocycles. The van der Waals surface area contributed by atoms with E-state index < -0.39 is 126 Å². The van der Waals surface area contributed by atoms with Gasteiger partial charge in [0, 0.05) is 16.5 Å². The van der Waals surface area contributed by atoms with Crippen molar-refractivity contribution in [2.45, 2.75) is 19.6 Å². The van der Waals surface area contributed by atoms with Gasteiger partial charge in [0.15, 0.2) is 11.0 Å². The molecule has 0 atom stereocenters. The maximum absolute atomic E-state index is 13.9. The molecule has 0 aliphatic carbocycles. The number of nitriles is 1. The fraction of sp³-hybridized carbons (Fsp3) is 0. The topological polar surface area (TPSA) is 335 Å². The molecule has 5 aromatic rings. The van der Waals surface area contributed by atoms with Gasteiger partial charge in [-0.15, -0.1) is 10.2 Å². The Hall–Kier alpha value is -0.610. The summed E-state index contributed by atoms with van der Waals surface area (Å²) < 4.78 is 143. The Labute approximate surface area is 404 Å². The van der Waals surface area contributed by atoms with Crippen LogP contribution in [0.3, 0.4) is 0 Å². The van der Waals surface area contributed by atoms with Gasteiger partial charge in [0.05, 0.1) is 20.4 Å². The van der Waals surface area contributed by atoms with Crippen LogP contribution in [0.4, 0.5) is 22.9 Å². The number of halogens is 2. The minimum atomic E-state index is -5.71. The number of benzene rings is 4. The first-order valence-corrected chi connectivity index (χ1v) is 19.0. The van der Waals surface area contributed by atoms with E-state index in [1.807, 2.05) is 0 Å². The summed E-state index contributed by atoms with van der Waals surface area (Å²) in [5.41, 5.74) is -3.28. The van der Waals surface area contributed by atoms with Gasteiger partial charge in [0.25, 0.3) is 10.1 Å². The van der Waals surface area contributed by atoms with Gasteiger partial charge in [-0.25, -0.2) is 30.2 Å². The Kier molecular flexibility index (Phi) is 18.1. The molecule has 19 nitrogen and oxygen atoms in total. The summed E-state index contributed by atoms with van der Waals surface area (Å²) in [5, 5.41) is 29.4. The summed E-state index contributed by atoms with van der Waals surface area (Å²) in [7, 11) is -21.6. The van der Waals surface area contributed by atoms with Gasteiger partial charge in [-0.2, -0.15) is 18.7 Å². The number of azo groups is 1. The smallest absolute Gasteiger partial charge is 0.870 e. The minimum absolute atomic E-state index is 0. The first-order chi connectivity index (χ1) is 23.0. The van der Waals surface area contributed by atoms with Crippen molar-refractivity contribution in [1.82, 2.24) is 9.97 Å². The normalized spacial score (nSPS) is 11.9. The predicted molar refractivity (Wildman–Crippen MR) is 165 cm³/mol. The van der Waals surface area contributed by atoms with Gasteiger partial charge in [-0.05, 0) is 52.7 Å². The number of nitrogens with zero attached hydrogens (tertiary/aromatic N) is 5. The number of rotatable bonds is 8. The average Bonchev–Trinajstić information content (AvgIpc) is 2.97. The molecule has 0 radical (unpaired) electrons. The number of nitrogens with one attached hydrogen (secondary N) is 1. The van der Waals surface area contributed by atoms with Crippen molar-refractivity contribution in [3.8, 4) is 11.8 Å². The molecule has 0 saturated carbocycles. The molecular weight excluding hydrogens is 883 g/mol. The van der Waals surface area contributed by atoms with Crippen LogP contribution in [0.15, 0.2) is 78.3 Å². The summed E-state index contributed by atoms with van der Waals surface area (Å²) in [6.45, 7) is 0. The van der Waals surface area contributed by atoms with Crippen LogP contribution >= 0.6 is 23.2 Å². The third-order valence-electron chi connectivity index (χ3n) is 6.60. The summed E-state index contributed by atoms with van der Waals surface area (Å²) in [4.78, 5) is 2.78. The van der Waals surface area contributed by atoms with Crippen LogP contribution in [0.25, 0.3) is 21.5 Å². The maximum atomic E-state index is 13.9. The van der Waals surface area contributed by atoms with E-state index in [-0.39, 0.29) is 118 Å². The van der Waals surface area contributed by atoms with E-state index in [0.29, 0.717) is 18.2 Å². The van der Waals surface area contributed by atoms with Crippen LogP contribution in [-0.2, 0) is 40.5 Å². The molecule has 2 N–H and O–H groups in total. The zero-order valence-corrected chi connectivity index (χ0v) is 40.4. The van der Waals surface area contributed by atoms with Crippen LogP contribution in [0.1, 0.15) is 5.56 Å². The molecule has 0 saturated heterocycles. The molecule has 0 unspecified atom stereocenters. The zero-order chi connectivity index (χ0) is 37.1. The largest absolute Gasteiger partial charge is 1.00 e. The fourth-order valence-corrected chi connectivity index (χ4v) is 7.78. The second kappa shape index (κ2) is 19.0. The molecule has 1 aromatic heterocycles. The average molecular weight is 894 g/mol. The number of hydrogen-bond acceptors (Lipinski definition) is 18. The van der Waals surface area contributed by atoms with Crippen LogP contribution in [0, 0.1) is 11.3 Å². The SMILES string of the molecule is N#Cc1c(Cl)nc(Cl)nc1Nc1cc(S(=O)(=O)[O-])cc2cc(S(=O)(=O)[O-])c(N=Nc3ccc4c(S(=O)(=O)[O-])cccc4c3S(=O)(=O)O)c([O-])c12.[Na+].[Na+].[Na+].[Na+]. The third kappa shape index (κ3) is 10.9. The first kappa shape index (κ1) is 51.4. The van der Waals surface area contributed by atoms with Gasteiger partial charge >= 0.3 is 118 Å². The number of aromatic nitrogens is 2. The fourth-order valence-electron chi connectivity index (χ4n) is 4.66. The molecule has 29 heteroatoms. The van der Waals surface area contributed by atoms with Crippen molar-refractivity contribution in [3.63, 3.8) is 0 Å². The summed E-state index contributed by atoms with van der Waals surface area (Å²) in [6.07, 6.45) is 0. The van der Waals surface area contributed by atoms with E-state index in [1.54, 1.807) is 6.07 Å². The van der Waals surface area contributed by atoms with E-state index >= 15 is 0 Å². The van der Waals surface area contributed by atoms with Gasteiger partial charge in [-0.3, -0.25) is 4.55 Å². The van der Waals surface area contributed by atoms with Crippen LogP contribution in [0.2, 0.25) is 10.4 Å². The Balaban J connectivity index is 0.00000364. The van der Waals surface area contributed by atoms with E-state index in [0.717, 1.165) is 30.3 Å². The van der Waals surface area contributed by atoms with Crippen molar-refractivity contribution in [1.29, 1.82) is 5.26 Å². The molecule has 0 fully saturated rings. The van der Waals surface area contributed by atoms with E-state index in [1.165, 1.54) is 0 Å².